The predicted octanol–water partition coefficient (Wildman–Crippen LogP) is 1.45. The van der Waals surface area contributed by atoms with E-state index in [1.165, 1.54) is 0 Å². The summed E-state index contributed by atoms with van der Waals surface area (Å²) in [6.07, 6.45) is 2.20. The van der Waals surface area contributed by atoms with Gasteiger partial charge in [-0.05, 0) is 26.3 Å². The third-order valence-electron chi connectivity index (χ3n) is 2.45. The molecular weight excluding hydrogens is 200 g/mol. The highest BCUT2D eigenvalue weighted by molar-refractivity contribution is 6.30. The smallest absolute Gasteiger partial charge is 0.139 e. The second-order valence-corrected chi connectivity index (χ2v) is 3.87. The molecule has 0 spiro atoms. The van der Waals surface area contributed by atoms with Crippen LogP contribution in [0.25, 0.3) is 0 Å². The van der Waals surface area contributed by atoms with Gasteiger partial charge >= 0.3 is 0 Å². The summed E-state index contributed by atoms with van der Waals surface area (Å²) in [5.74, 6) is 1.12. The number of hydrogen-bond acceptors (Lipinski definition) is 4. The van der Waals surface area contributed by atoms with Crippen molar-refractivity contribution in [1.29, 1.82) is 0 Å². The van der Waals surface area contributed by atoms with Gasteiger partial charge in [-0.3, -0.25) is 0 Å². The topological polar surface area (TPSA) is 63.8 Å². The third-order valence-corrected chi connectivity index (χ3v) is 2.74. The van der Waals surface area contributed by atoms with Crippen molar-refractivity contribution in [3.8, 4) is 0 Å². The van der Waals surface area contributed by atoms with Crippen LogP contribution < -0.4 is 11.1 Å². The Kier molecular flexibility index (Phi) is 2.56. The molecular formula is C9H13ClN4. The van der Waals surface area contributed by atoms with Crippen molar-refractivity contribution in [2.75, 3.05) is 12.3 Å². The van der Waals surface area contributed by atoms with Gasteiger partial charge in [-0.15, -0.1) is 0 Å². The number of nitrogens with one attached hydrogen (secondary N) is 1. The maximum absolute atomic E-state index is 6.04. The fourth-order valence-electron chi connectivity index (χ4n) is 1.82. The zero-order chi connectivity index (χ0) is 10.1. The summed E-state index contributed by atoms with van der Waals surface area (Å²) in [5, 5.41) is 3.81. The molecule has 0 aliphatic carbocycles. The SMILES string of the molecule is Cc1nc(N)c(C2CCCN2)c(Cl)n1. The summed E-state index contributed by atoms with van der Waals surface area (Å²) in [4.78, 5) is 8.23. The molecule has 1 aliphatic heterocycles. The van der Waals surface area contributed by atoms with Crippen molar-refractivity contribution in [1.82, 2.24) is 15.3 Å². The van der Waals surface area contributed by atoms with Crippen LogP contribution >= 0.6 is 11.6 Å². The number of aromatic nitrogens is 2. The first-order chi connectivity index (χ1) is 6.68. The third kappa shape index (κ3) is 1.67. The van der Waals surface area contributed by atoms with Crippen LogP contribution in [0.4, 0.5) is 5.82 Å². The second kappa shape index (κ2) is 3.71. The number of nitrogens with zero attached hydrogens (tertiary/aromatic N) is 2. The van der Waals surface area contributed by atoms with Crippen LogP contribution in [-0.2, 0) is 0 Å². The van der Waals surface area contributed by atoms with Crippen molar-refractivity contribution in [3.05, 3.63) is 16.5 Å². The lowest BCUT2D eigenvalue weighted by atomic mass is 10.1. The van der Waals surface area contributed by atoms with E-state index < -0.39 is 0 Å². The van der Waals surface area contributed by atoms with E-state index >= 15 is 0 Å². The molecule has 0 amide bonds. The van der Waals surface area contributed by atoms with Gasteiger partial charge in [0.25, 0.3) is 0 Å². The molecule has 2 rings (SSSR count). The summed E-state index contributed by atoms with van der Waals surface area (Å²) in [6, 6.07) is 0.225. The number of nitrogens with two attached hydrogens (primary N) is 1. The number of anilines is 1. The molecule has 1 atom stereocenters. The van der Waals surface area contributed by atoms with Gasteiger partial charge in [0.2, 0.25) is 0 Å². The van der Waals surface area contributed by atoms with Gasteiger partial charge < -0.3 is 11.1 Å². The highest BCUT2D eigenvalue weighted by atomic mass is 35.5. The molecule has 0 aromatic carbocycles. The molecule has 1 saturated heterocycles. The van der Waals surface area contributed by atoms with Gasteiger partial charge in [0, 0.05) is 11.6 Å². The van der Waals surface area contributed by atoms with E-state index in [-0.39, 0.29) is 6.04 Å². The first-order valence-electron chi connectivity index (χ1n) is 4.71. The number of halogens is 1. The van der Waals surface area contributed by atoms with Crippen LogP contribution in [0, 0.1) is 6.92 Å². The number of nitrogen functional groups attached to an aromatic ring is 1. The average Bonchev–Trinajstić information content (AvgIpc) is 2.54. The Bertz CT molecular complexity index is 324. The minimum atomic E-state index is 0.225. The fourth-order valence-corrected chi connectivity index (χ4v) is 2.17. The van der Waals surface area contributed by atoms with Crippen molar-refractivity contribution in [3.63, 3.8) is 0 Å². The van der Waals surface area contributed by atoms with Crippen LogP contribution in [0.5, 0.6) is 0 Å². The lowest BCUT2D eigenvalue weighted by molar-refractivity contribution is 0.643. The minimum Gasteiger partial charge on any atom is -0.383 e. The molecule has 2 heterocycles. The molecule has 3 N–H and O–H groups in total. The van der Waals surface area contributed by atoms with Crippen LogP contribution in [0.15, 0.2) is 0 Å². The maximum Gasteiger partial charge on any atom is 0.139 e. The number of hydrogen-bond donors (Lipinski definition) is 2. The molecule has 0 saturated carbocycles. The normalized spacial score (nSPS) is 21.4. The molecule has 5 heteroatoms. The van der Waals surface area contributed by atoms with Gasteiger partial charge in [0.15, 0.2) is 0 Å². The quantitative estimate of drug-likeness (QED) is 0.692. The van der Waals surface area contributed by atoms with Gasteiger partial charge in [-0.1, -0.05) is 11.6 Å². The Morgan fingerprint density at radius 1 is 1.50 bits per heavy atom. The molecule has 1 fully saturated rings. The van der Waals surface area contributed by atoms with E-state index in [9.17, 15) is 0 Å². The van der Waals surface area contributed by atoms with Crippen LogP contribution in [0.2, 0.25) is 5.15 Å². The molecule has 0 radical (unpaired) electrons. The first-order valence-corrected chi connectivity index (χ1v) is 5.09. The Morgan fingerprint density at radius 3 is 2.86 bits per heavy atom. The largest absolute Gasteiger partial charge is 0.383 e. The van der Waals surface area contributed by atoms with Crippen molar-refractivity contribution in [2.24, 2.45) is 0 Å². The molecule has 4 nitrogen and oxygen atoms in total. The van der Waals surface area contributed by atoms with E-state index in [0.29, 0.717) is 16.8 Å². The molecule has 1 aromatic heterocycles. The van der Waals surface area contributed by atoms with E-state index in [2.05, 4.69) is 15.3 Å². The fraction of sp³-hybridized carbons (Fsp3) is 0.556. The standard InChI is InChI=1S/C9H13ClN4/c1-5-13-8(10)7(9(11)14-5)6-3-2-4-12-6/h6,12H,2-4H2,1H3,(H2,11,13,14). The molecule has 1 unspecified atom stereocenters. The summed E-state index contributed by atoms with van der Waals surface area (Å²) in [6.45, 7) is 2.79. The van der Waals surface area contributed by atoms with Crippen molar-refractivity contribution < 1.29 is 0 Å². The lowest BCUT2D eigenvalue weighted by Gasteiger charge is -2.14. The van der Waals surface area contributed by atoms with E-state index in [4.69, 9.17) is 17.3 Å². The average molecular weight is 213 g/mol. The second-order valence-electron chi connectivity index (χ2n) is 3.51. The zero-order valence-electron chi connectivity index (χ0n) is 8.05. The van der Waals surface area contributed by atoms with E-state index in [1.807, 2.05) is 0 Å². The maximum atomic E-state index is 6.04. The molecule has 1 aromatic rings. The number of rotatable bonds is 1. The van der Waals surface area contributed by atoms with Gasteiger partial charge in [0.1, 0.15) is 16.8 Å². The Labute approximate surface area is 87.9 Å². The molecule has 1 aliphatic rings. The van der Waals surface area contributed by atoms with Crippen LogP contribution in [0.3, 0.4) is 0 Å². The lowest BCUT2D eigenvalue weighted by Crippen LogP contribution is -2.16. The molecule has 76 valence electrons. The van der Waals surface area contributed by atoms with Gasteiger partial charge in [-0.25, -0.2) is 9.97 Å². The first kappa shape index (κ1) is 9.68. The highest BCUT2D eigenvalue weighted by Crippen LogP contribution is 2.31. The van der Waals surface area contributed by atoms with E-state index in [1.54, 1.807) is 6.92 Å². The Balaban J connectivity index is 2.40. The number of aryl methyl sites for hydroxylation is 1. The van der Waals surface area contributed by atoms with Crippen molar-refractivity contribution >= 4 is 17.4 Å². The Hall–Kier alpha value is -0.870. The van der Waals surface area contributed by atoms with Crippen LogP contribution in [-0.4, -0.2) is 16.5 Å². The summed E-state index contributed by atoms with van der Waals surface area (Å²) < 4.78 is 0. The van der Waals surface area contributed by atoms with Gasteiger partial charge in [0.05, 0.1) is 0 Å². The highest BCUT2D eigenvalue weighted by Gasteiger charge is 2.22. The zero-order valence-corrected chi connectivity index (χ0v) is 8.80. The predicted molar refractivity (Wildman–Crippen MR) is 56.2 cm³/mol. The Morgan fingerprint density at radius 2 is 2.29 bits per heavy atom. The van der Waals surface area contributed by atoms with Crippen molar-refractivity contribution in [2.45, 2.75) is 25.8 Å². The van der Waals surface area contributed by atoms with E-state index in [0.717, 1.165) is 24.9 Å². The monoisotopic (exact) mass is 212 g/mol. The van der Waals surface area contributed by atoms with Gasteiger partial charge in [-0.2, -0.15) is 0 Å². The molecule has 0 bridgehead atoms. The molecule has 14 heavy (non-hydrogen) atoms. The summed E-state index contributed by atoms with van der Waals surface area (Å²) in [5.41, 5.74) is 6.68. The minimum absolute atomic E-state index is 0.225. The summed E-state index contributed by atoms with van der Waals surface area (Å²) in [7, 11) is 0. The summed E-state index contributed by atoms with van der Waals surface area (Å²) >= 11 is 6.04. The van der Waals surface area contributed by atoms with Crippen LogP contribution in [0.1, 0.15) is 30.3 Å².